The smallest absolute Gasteiger partial charge is 0.285 e. The highest BCUT2D eigenvalue weighted by Gasteiger charge is 2.49. The fourth-order valence-electron chi connectivity index (χ4n) is 3.52. The average Bonchev–Trinajstić information content (AvgIpc) is 3.18. The van der Waals surface area contributed by atoms with Crippen molar-refractivity contribution in [2.45, 2.75) is 18.2 Å². The molecule has 0 radical (unpaired) electrons. The number of ether oxygens (including phenoxy) is 1. The molecule has 30 heavy (non-hydrogen) atoms. The van der Waals surface area contributed by atoms with Gasteiger partial charge in [-0.3, -0.25) is 9.59 Å². The van der Waals surface area contributed by atoms with Gasteiger partial charge < -0.3 is 9.64 Å². The Hall–Kier alpha value is -2.65. The molecule has 4 rings (SSSR count). The Bertz CT molecular complexity index is 1100. The largest absolute Gasteiger partial charge is 0.484 e. The van der Waals surface area contributed by atoms with Crippen LogP contribution in [0.4, 0.5) is 5.69 Å². The molecule has 1 amide bonds. The first-order valence-electron chi connectivity index (χ1n) is 9.39. The number of benzene rings is 2. The number of amidine groups is 1. The van der Waals surface area contributed by atoms with E-state index in [0.29, 0.717) is 22.2 Å². The lowest BCUT2D eigenvalue weighted by molar-refractivity contribution is -0.119. The zero-order chi connectivity index (χ0) is 21.3. The van der Waals surface area contributed by atoms with Crippen molar-refractivity contribution in [2.75, 3.05) is 23.0 Å². The Balaban J connectivity index is 1.58. The van der Waals surface area contributed by atoms with Crippen molar-refractivity contribution in [3.05, 3.63) is 60.2 Å². The minimum absolute atomic E-state index is 0.00680. The lowest BCUT2D eigenvalue weighted by atomic mass is 10.1. The predicted molar refractivity (Wildman–Crippen MR) is 117 cm³/mol. The highest BCUT2D eigenvalue weighted by atomic mass is 32.2. The molecule has 0 unspecified atom stereocenters. The van der Waals surface area contributed by atoms with Gasteiger partial charge in [-0.05, 0) is 43.3 Å². The van der Waals surface area contributed by atoms with Crippen molar-refractivity contribution in [1.29, 1.82) is 0 Å². The van der Waals surface area contributed by atoms with Crippen LogP contribution in [0.25, 0.3) is 0 Å². The van der Waals surface area contributed by atoms with E-state index < -0.39 is 15.7 Å². The number of carbonyl (C=O) groups excluding carboxylic acids is 2. The number of hydrogen-bond donors (Lipinski definition) is 0. The van der Waals surface area contributed by atoms with Gasteiger partial charge >= 0.3 is 0 Å². The minimum Gasteiger partial charge on any atom is -0.484 e. The predicted octanol–water partition coefficient (Wildman–Crippen LogP) is 2.57. The monoisotopic (exact) mass is 444 g/mol. The van der Waals surface area contributed by atoms with Crippen LogP contribution in [0.1, 0.15) is 17.3 Å². The van der Waals surface area contributed by atoms with Crippen molar-refractivity contribution < 1.29 is 22.7 Å². The molecule has 2 saturated heterocycles. The first-order chi connectivity index (χ1) is 14.3. The van der Waals surface area contributed by atoms with E-state index in [9.17, 15) is 18.0 Å². The maximum atomic E-state index is 12.4. The number of nitrogens with zero attached hydrogens (tertiary/aromatic N) is 2. The van der Waals surface area contributed by atoms with Gasteiger partial charge in [-0.2, -0.15) is 4.99 Å². The van der Waals surface area contributed by atoms with Crippen LogP contribution in [-0.4, -0.2) is 54.7 Å². The second kappa shape index (κ2) is 8.23. The summed E-state index contributed by atoms with van der Waals surface area (Å²) in [6.07, 6.45) is 0. The van der Waals surface area contributed by atoms with Gasteiger partial charge in [-0.1, -0.05) is 30.0 Å². The molecule has 2 aliphatic rings. The van der Waals surface area contributed by atoms with E-state index in [1.165, 1.54) is 18.7 Å². The molecule has 0 bridgehead atoms. The van der Waals surface area contributed by atoms with Gasteiger partial charge in [-0.25, -0.2) is 8.42 Å². The molecule has 2 atom stereocenters. The number of Topliss-reactive ketones (excluding diaryl/α,β-unsaturated/α-hetero) is 1. The van der Waals surface area contributed by atoms with Crippen LogP contribution in [0.5, 0.6) is 5.75 Å². The topological polar surface area (TPSA) is 93.1 Å². The number of aliphatic imine (C=N–C) groups is 1. The van der Waals surface area contributed by atoms with Gasteiger partial charge in [0, 0.05) is 16.5 Å². The average molecular weight is 445 g/mol. The number of fused-ring (bicyclic) bond motifs is 1. The molecule has 0 aromatic heterocycles. The molecule has 0 aliphatic carbocycles. The van der Waals surface area contributed by atoms with Crippen LogP contribution in [0.2, 0.25) is 0 Å². The molecule has 156 valence electrons. The molecule has 2 aliphatic heterocycles. The minimum atomic E-state index is -3.15. The zero-order valence-electron chi connectivity index (χ0n) is 16.2. The molecule has 2 aromatic carbocycles. The van der Waals surface area contributed by atoms with Crippen molar-refractivity contribution in [3.8, 4) is 5.75 Å². The molecule has 2 heterocycles. The molecule has 0 saturated carbocycles. The van der Waals surface area contributed by atoms with Gasteiger partial charge in [-0.15, -0.1) is 0 Å². The summed E-state index contributed by atoms with van der Waals surface area (Å²) in [6, 6.07) is 15.6. The third-order valence-electron chi connectivity index (χ3n) is 4.94. The Kier molecular flexibility index (Phi) is 5.66. The van der Waals surface area contributed by atoms with Crippen molar-refractivity contribution in [3.63, 3.8) is 0 Å². The van der Waals surface area contributed by atoms with E-state index in [4.69, 9.17) is 4.74 Å². The van der Waals surface area contributed by atoms with Gasteiger partial charge in [0.05, 0.1) is 17.5 Å². The summed E-state index contributed by atoms with van der Waals surface area (Å²) in [7, 11) is -3.15. The zero-order valence-corrected chi connectivity index (χ0v) is 17.9. The van der Waals surface area contributed by atoms with E-state index in [0.717, 1.165) is 0 Å². The third kappa shape index (κ3) is 4.41. The van der Waals surface area contributed by atoms with Gasteiger partial charge in [0.15, 0.2) is 27.4 Å². The van der Waals surface area contributed by atoms with E-state index >= 15 is 0 Å². The second-order valence-corrected chi connectivity index (χ2v) is 10.5. The Morgan fingerprint density at radius 1 is 1.10 bits per heavy atom. The maximum absolute atomic E-state index is 12.4. The molecular formula is C21H20N2O5S2. The molecule has 0 N–H and O–H groups in total. The first kappa shape index (κ1) is 20.6. The Morgan fingerprint density at radius 2 is 1.80 bits per heavy atom. The summed E-state index contributed by atoms with van der Waals surface area (Å²) >= 11 is 1.30. The van der Waals surface area contributed by atoms with Gasteiger partial charge in [0.2, 0.25) is 0 Å². The summed E-state index contributed by atoms with van der Waals surface area (Å²) in [5.74, 6) is 0.130. The fourth-order valence-corrected chi connectivity index (χ4v) is 7.46. The van der Waals surface area contributed by atoms with E-state index in [1.807, 2.05) is 18.2 Å². The Labute approximate surface area is 179 Å². The number of rotatable bonds is 5. The lowest BCUT2D eigenvalue weighted by Crippen LogP contribution is -2.37. The van der Waals surface area contributed by atoms with E-state index in [-0.39, 0.29) is 35.2 Å². The van der Waals surface area contributed by atoms with Crippen LogP contribution >= 0.6 is 11.8 Å². The van der Waals surface area contributed by atoms with Gasteiger partial charge in [0.1, 0.15) is 5.75 Å². The number of hydrogen-bond acceptors (Lipinski definition) is 6. The van der Waals surface area contributed by atoms with E-state index in [1.54, 1.807) is 41.3 Å². The molecule has 2 fully saturated rings. The van der Waals surface area contributed by atoms with Crippen LogP contribution in [0.15, 0.2) is 59.6 Å². The normalized spacial score (nSPS) is 23.4. The summed E-state index contributed by atoms with van der Waals surface area (Å²) in [6.45, 7) is 1.28. The number of ketones is 1. The van der Waals surface area contributed by atoms with Crippen LogP contribution in [-0.2, 0) is 14.6 Å². The first-order valence-corrected chi connectivity index (χ1v) is 12.1. The molecule has 2 aromatic rings. The molecular weight excluding hydrogens is 424 g/mol. The maximum Gasteiger partial charge on any atom is 0.285 e. The lowest BCUT2D eigenvalue weighted by Gasteiger charge is -2.24. The standard InChI is InChI=1S/C21H20N2O5S2/c1-14(24)15-7-9-16(10-8-15)23-18-12-30(26,27)13-19(18)29-21(23)22-20(25)11-28-17-5-3-2-4-6-17/h2-10,18-19H,11-13H2,1H3/t18-,19-/m0/s1. The number of anilines is 1. The van der Waals surface area contributed by atoms with Gasteiger partial charge in [0.25, 0.3) is 5.91 Å². The molecule has 9 heteroatoms. The summed E-state index contributed by atoms with van der Waals surface area (Å²) in [5, 5.41) is 0.265. The highest BCUT2D eigenvalue weighted by molar-refractivity contribution is 8.16. The summed E-state index contributed by atoms with van der Waals surface area (Å²) in [4.78, 5) is 30.0. The Morgan fingerprint density at radius 3 is 2.47 bits per heavy atom. The van der Waals surface area contributed by atoms with Crippen LogP contribution < -0.4 is 9.64 Å². The molecule has 0 spiro atoms. The second-order valence-electron chi connectivity index (χ2n) is 7.16. The quantitative estimate of drug-likeness (QED) is 0.655. The van der Waals surface area contributed by atoms with Crippen LogP contribution in [0, 0.1) is 0 Å². The number of amides is 1. The van der Waals surface area contributed by atoms with Crippen LogP contribution in [0.3, 0.4) is 0 Å². The molecule has 7 nitrogen and oxygen atoms in total. The SMILES string of the molecule is CC(=O)c1ccc(N2C(=NC(=O)COc3ccccc3)S[C@H]3CS(=O)(=O)C[C@@H]32)cc1. The number of carbonyl (C=O) groups is 2. The highest BCUT2D eigenvalue weighted by Crippen LogP contribution is 2.41. The van der Waals surface area contributed by atoms with Crippen molar-refractivity contribution in [2.24, 2.45) is 4.99 Å². The van der Waals surface area contributed by atoms with E-state index in [2.05, 4.69) is 4.99 Å². The van der Waals surface area contributed by atoms with Crippen molar-refractivity contribution in [1.82, 2.24) is 0 Å². The number of sulfone groups is 1. The summed E-state index contributed by atoms with van der Waals surface area (Å²) < 4.78 is 29.8. The summed E-state index contributed by atoms with van der Waals surface area (Å²) in [5.41, 5.74) is 1.26. The number of para-hydroxylation sites is 1. The van der Waals surface area contributed by atoms with Crippen molar-refractivity contribution >= 4 is 44.1 Å². The fraction of sp³-hybridized carbons (Fsp3) is 0.286. The third-order valence-corrected chi connectivity index (χ3v) is 8.15. The number of thioether (sulfide) groups is 1.